The highest BCUT2D eigenvalue weighted by molar-refractivity contribution is 5.89. The number of amides is 2. The largest absolute Gasteiger partial charge is 0.497 e. The molecule has 4 N–H and O–H groups in total. The smallest absolute Gasteiger partial charge is 0.319 e. The molecule has 18 heavy (non-hydrogen) atoms. The number of ether oxygens (including phenoxy) is 1. The van der Waals surface area contributed by atoms with E-state index in [1.54, 1.807) is 31.4 Å². The highest BCUT2D eigenvalue weighted by atomic mass is 16.5. The third-order valence-corrected chi connectivity index (χ3v) is 2.60. The standard InChI is InChI=1S/C13H21N3O2/c1-3-4-11(9-14)16-13(17)15-10-5-7-12(18-2)8-6-10/h5-8,11H,3-4,9,14H2,1-2H3,(H2,15,16,17). The van der Waals surface area contributed by atoms with E-state index in [0.717, 1.165) is 24.3 Å². The average molecular weight is 251 g/mol. The summed E-state index contributed by atoms with van der Waals surface area (Å²) < 4.78 is 5.04. The lowest BCUT2D eigenvalue weighted by atomic mass is 10.2. The van der Waals surface area contributed by atoms with Crippen molar-refractivity contribution in [3.8, 4) is 5.75 Å². The van der Waals surface area contributed by atoms with Crippen molar-refractivity contribution >= 4 is 11.7 Å². The Kier molecular flexibility index (Phi) is 6.00. The van der Waals surface area contributed by atoms with E-state index in [2.05, 4.69) is 17.6 Å². The van der Waals surface area contributed by atoms with Crippen LogP contribution in [-0.2, 0) is 0 Å². The second-order valence-corrected chi connectivity index (χ2v) is 4.05. The summed E-state index contributed by atoms with van der Waals surface area (Å²) >= 11 is 0. The lowest BCUT2D eigenvalue weighted by molar-refractivity contribution is 0.248. The zero-order chi connectivity index (χ0) is 13.4. The van der Waals surface area contributed by atoms with Crippen LogP contribution >= 0.6 is 0 Å². The molecular formula is C13H21N3O2. The van der Waals surface area contributed by atoms with Crippen LogP contribution in [0, 0.1) is 0 Å². The summed E-state index contributed by atoms with van der Waals surface area (Å²) in [5.74, 6) is 0.756. The number of nitrogens with two attached hydrogens (primary N) is 1. The minimum absolute atomic E-state index is 0.0215. The Morgan fingerprint density at radius 1 is 1.39 bits per heavy atom. The highest BCUT2D eigenvalue weighted by Gasteiger charge is 2.09. The summed E-state index contributed by atoms with van der Waals surface area (Å²) in [6.45, 7) is 2.51. The molecule has 0 aliphatic heterocycles. The summed E-state index contributed by atoms with van der Waals surface area (Å²) in [4.78, 5) is 11.7. The maximum atomic E-state index is 11.7. The van der Waals surface area contributed by atoms with Crippen LogP contribution in [0.2, 0.25) is 0 Å². The Hall–Kier alpha value is -1.75. The van der Waals surface area contributed by atoms with Crippen LogP contribution in [0.5, 0.6) is 5.75 Å². The summed E-state index contributed by atoms with van der Waals surface area (Å²) in [5.41, 5.74) is 6.30. The monoisotopic (exact) mass is 251 g/mol. The third-order valence-electron chi connectivity index (χ3n) is 2.60. The van der Waals surface area contributed by atoms with Crippen molar-refractivity contribution in [2.75, 3.05) is 19.0 Å². The maximum absolute atomic E-state index is 11.7. The lowest BCUT2D eigenvalue weighted by Crippen LogP contribution is -2.42. The first-order valence-electron chi connectivity index (χ1n) is 6.11. The Bertz CT molecular complexity index is 365. The van der Waals surface area contributed by atoms with Crippen LogP contribution < -0.4 is 21.1 Å². The van der Waals surface area contributed by atoms with Gasteiger partial charge in [0.2, 0.25) is 0 Å². The van der Waals surface area contributed by atoms with E-state index >= 15 is 0 Å². The topological polar surface area (TPSA) is 76.4 Å². The van der Waals surface area contributed by atoms with Crippen LogP contribution in [0.3, 0.4) is 0 Å². The number of methoxy groups -OCH3 is 1. The molecule has 0 heterocycles. The molecule has 1 atom stereocenters. The van der Waals surface area contributed by atoms with Gasteiger partial charge in [-0.15, -0.1) is 0 Å². The second kappa shape index (κ2) is 7.55. The van der Waals surface area contributed by atoms with Crippen molar-refractivity contribution in [3.05, 3.63) is 24.3 Å². The van der Waals surface area contributed by atoms with E-state index in [-0.39, 0.29) is 12.1 Å². The number of urea groups is 1. The predicted octanol–water partition coefficient (Wildman–Crippen LogP) is 1.94. The van der Waals surface area contributed by atoms with Crippen LogP contribution in [-0.4, -0.2) is 25.7 Å². The molecule has 0 saturated heterocycles. The van der Waals surface area contributed by atoms with Crippen LogP contribution in [0.15, 0.2) is 24.3 Å². The molecule has 0 aliphatic carbocycles. The van der Waals surface area contributed by atoms with Crippen LogP contribution in [0.1, 0.15) is 19.8 Å². The molecule has 5 nitrogen and oxygen atoms in total. The SMILES string of the molecule is CCCC(CN)NC(=O)Nc1ccc(OC)cc1. The number of carbonyl (C=O) groups excluding carboxylic acids is 1. The van der Waals surface area contributed by atoms with Gasteiger partial charge in [0, 0.05) is 18.3 Å². The molecule has 0 fully saturated rings. The highest BCUT2D eigenvalue weighted by Crippen LogP contribution is 2.14. The molecule has 0 spiro atoms. The summed E-state index contributed by atoms with van der Waals surface area (Å²) in [6, 6.07) is 6.95. The lowest BCUT2D eigenvalue weighted by Gasteiger charge is -2.16. The fraction of sp³-hybridized carbons (Fsp3) is 0.462. The van der Waals surface area contributed by atoms with Crippen LogP contribution in [0.4, 0.5) is 10.5 Å². The molecule has 0 bridgehead atoms. The number of rotatable bonds is 6. The van der Waals surface area contributed by atoms with Gasteiger partial charge in [0.05, 0.1) is 7.11 Å². The number of hydrogen-bond acceptors (Lipinski definition) is 3. The first-order valence-corrected chi connectivity index (χ1v) is 6.11. The molecule has 1 rings (SSSR count). The molecule has 0 radical (unpaired) electrons. The molecule has 1 aromatic rings. The van der Waals surface area contributed by atoms with Gasteiger partial charge >= 0.3 is 6.03 Å². The minimum atomic E-state index is -0.232. The molecule has 0 aromatic heterocycles. The van der Waals surface area contributed by atoms with Crippen molar-refractivity contribution in [3.63, 3.8) is 0 Å². The number of benzene rings is 1. The molecule has 100 valence electrons. The van der Waals surface area contributed by atoms with Gasteiger partial charge < -0.3 is 21.1 Å². The van der Waals surface area contributed by atoms with E-state index < -0.39 is 0 Å². The Morgan fingerprint density at radius 3 is 2.56 bits per heavy atom. The molecule has 1 aromatic carbocycles. The summed E-state index contributed by atoms with van der Waals surface area (Å²) in [5, 5.41) is 5.59. The summed E-state index contributed by atoms with van der Waals surface area (Å²) in [7, 11) is 1.60. The Balaban J connectivity index is 2.47. The first-order chi connectivity index (χ1) is 8.69. The predicted molar refractivity (Wildman–Crippen MR) is 72.9 cm³/mol. The van der Waals surface area contributed by atoms with Crippen molar-refractivity contribution in [1.29, 1.82) is 0 Å². The number of nitrogens with one attached hydrogen (secondary N) is 2. The van der Waals surface area contributed by atoms with Gasteiger partial charge in [-0.25, -0.2) is 4.79 Å². The zero-order valence-electron chi connectivity index (χ0n) is 10.9. The Morgan fingerprint density at radius 2 is 2.06 bits per heavy atom. The van der Waals surface area contributed by atoms with E-state index in [9.17, 15) is 4.79 Å². The number of hydrogen-bond donors (Lipinski definition) is 3. The van der Waals surface area contributed by atoms with Gasteiger partial charge in [-0.05, 0) is 30.7 Å². The molecular weight excluding hydrogens is 230 g/mol. The van der Waals surface area contributed by atoms with Gasteiger partial charge in [0.15, 0.2) is 0 Å². The first kappa shape index (κ1) is 14.3. The summed E-state index contributed by atoms with van der Waals surface area (Å²) in [6.07, 6.45) is 1.87. The zero-order valence-corrected chi connectivity index (χ0v) is 10.9. The number of anilines is 1. The van der Waals surface area contributed by atoms with Gasteiger partial charge in [0.25, 0.3) is 0 Å². The van der Waals surface area contributed by atoms with E-state index in [4.69, 9.17) is 10.5 Å². The minimum Gasteiger partial charge on any atom is -0.497 e. The van der Waals surface area contributed by atoms with Crippen LogP contribution in [0.25, 0.3) is 0 Å². The average Bonchev–Trinajstić information content (AvgIpc) is 2.39. The van der Waals surface area contributed by atoms with E-state index in [1.807, 2.05) is 0 Å². The van der Waals surface area contributed by atoms with Crippen molar-refractivity contribution < 1.29 is 9.53 Å². The molecule has 0 saturated carbocycles. The molecule has 0 aliphatic rings. The normalized spacial score (nSPS) is 11.7. The Labute approximate surface area is 108 Å². The second-order valence-electron chi connectivity index (χ2n) is 4.05. The molecule has 5 heteroatoms. The van der Waals surface area contributed by atoms with Gasteiger partial charge in [-0.3, -0.25) is 0 Å². The van der Waals surface area contributed by atoms with E-state index in [1.165, 1.54) is 0 Å². The van der Waals surface area contributed by atoms with Crippen molar-refractivity contribution in [2.45, 2.75) is 25.8 Å². The fourth-order valence-electron chi connectivity index (χ4n) is 1.62. The van der Waals surface area contributed by atoms with Crippen molar-refractivity contribution in [2.24, 2.45) is 5.73 Å². The van der Waals surface area contributed by atoms with Crippen molar-refractivity contribution in [1.82, 2.24) is 5.32 Å². The van der Waals surface area contributed by atoms with E-state index in [0.29, 0.717) is 6.54 Å². The quantitative estimate of drug-likeness (QED) is 0.723. The maximum Gasteiger partial charge on any atom is 0.319 e. The van der Waals surface area contributed by atoms with Gasteiger partial charge in [-0.2, -0.15) is 0 Å². The number of carbonyl (C=O) groups is 1. The fourth-order valence-corrected chi connectivity index (χ4v) is 1.62. The molecule has 1 unspecified atom stereocenters. The van der Waals surface area contributed by atoms with Gasteiger partial charge in [-0.1, -0.05) is 13.3 Å². The molecule has 2 amide bonds. The third kappa shape index (κ3) is 4.63. The van der Waals surface area contributed by atoms with Gasteiger partial charge in [0.1, 0.15) is 5.75 Å².